The molecule has 0 N–H and O–H groups in total. The fourth-order valence-corrected chi connectivity index (χ4v) is 4.01. The molecule has 0 aromatic heterocycles. The van der Waals surface area contributed by atoms with E-state index in [1.165, 1.54) is 33.7 Å². The number of rotatable bonds is 8. The number of allylic oxidation sites excluding steroid dienone is 8. The van der Waals surface area contributed by atoms with Gasteiger partial charge in [0, 0.05) is 23.4 Å². The maximum absolute atomic E-state index is 4.11. The first-order valence-electron chi connectivity index (χ1n) is 10.2. The second-order valence-electron chi connectivity index (χ2n) is 7.58. The molecule has 0 fully saturated rings. The van der Waals surface area contributed by atoms with Crippen molar-refractivity contribution in [3.63, 3.8) is 0 Å². The van der Waals surface area contributed by atoms with Crippen LogP contribution in [0.1, 0.15) is 65.5 Å². The van der Waals surface area contributed by atoms with E-state index in [0.29, 0.717) is 0 Å². The van der Waals surface area contributed by atoms with Crippen molar-refractivity contribution in [2.75, 3.05) is 6.54 Å². The molecule has 1 aliphatic carbocycles. The highest BCUT2D eigenvalue weighted by molar-refractivity contribution is 5.87. The van der Waals surface area contributed by atoms with E-state index in [9.17, 15) is 0 Å². The van der Waals surface area contributed by atoms with Crippen LogP contribution in [0, 0.1) is 0 Å². The van der Waals surface area contributed by atoms with E-state index >= 15 is 0 Å². The quantitative estimate of drug-likeness (QED) is 0.436. The summed E-state index contributed by atoms with van der Waals surface area (Å²) in [5.74, 6) is 0. The number of fused-ring (bicyclic) bond motifs is 1. The molecule has 144 valence electrons. The zero-order chi connectivity index (χ0) is 20.0. The summed E-state index contributed by atoms with van der Waals surface area (Å²) >= 11 is 0. The zero-order valence-corrected chi connectivity index (χ0v) is 18.0. The van der Waals surface area contributed by atoms with Crippen LogP contribution in [0.25, 0.3) is 5.57 Å². The molecule has 1 aromatic carbocycles. The van der Waals surface area contributed by atoms with Gasteiger partial charge in [0.15, 0.2) is 0 Å². The zero-order valence-electron chi connectivity index (χ0n) is 18.0. The molecule has 0 spiro atoms. The fraction of sp³-hybridized carbons (Fsp3) is 0.385. The minimum Gasteiger partial charge on any atom is -0.346 e. The molecule has 0 saturated heterocycles. The Bertz CT molecular complexity index is 799. The third-order valence-electron chi connectivity index (χ3n) is 5.40. The average molecular weight is 362 g/mol. The van der Waals surface area contributed by atoms with Crippen LogP contribution in [0.2, 0.25) is 0 Å². The Morgan fingerprint density at radius 3 is 2.41 bits per heavy atom. The Morgan fingerprint density at radius 1 is 1.11 bits per heavy atom. The van der Waals surface area contributed by atoms with E-state index in [0.717, 1.165) is 19.4 Å². The van der Waals surface area contributed by atoms with Crippen LogP contribution in [-0.4, -0.2) is 11.4 Å². The molecule has 0 bridgehead atoms. The van der Waals surface area contributed by atoms with Crippen molar-refractivity contribution in [3.05, 3.63) is 89.3 Å². The van der Waals surface area contributed by atoms with Gasteiger partial charge in [-0.2, -0.15) is 0 Å². The third kappa shape index (κ3) is 4.18. The lowest BCUT2D eigenvalue weighted by Gasteiger charge is -2.28. The summed E-state index contributed by atoms with van der Waals surface area (Å²) in [6.45, 7) is 18.5. The van der Waals surface area contributed by atoms with Crippen LogP contribution in [0.3, 0.4) is 0 Å². The van der Waals surface area contributed by atoms with Gasteiger partial charge in [0.05, 0.1) is 0 Å². The van der Waals surface area contributed by atoms with Crippen LogP contribution < -0.4 is 0 Å². The lowest BCUT2D eigenvalue weighted by molar-refractivity contribution is 0.461. The van der Waals surface area contributed by atoms with Crippen molar-refractivity contribution in [1.82, 2.24) is 4.90 Å². The smallest absolute Gasteiger partial charge is 0.0364 e. The van der Waals surface area contributed by atoms with Gasteiger partial charge in [0.1, 0.15) is 0 Å². The monoisotopic (exact) mass is 361 g/mol. The van der Waals surface area contributed by atoms with E-state index < -0.39 is 0 Å². The summed E-state index contributed by atoms with van der Waals surface area (Å²) in [6.07, 6.45) is 13.3. The Hall–Kier alpha value is -2.28. The van der Waals surface area contributed by atoms with Gasteiger partial charge < -0.3 is 4.90 Å². The average Bonchev–Trinajstić information content (AvgIpc) is 2.87. The first-order chi connectivity index (χ1) is 12.9. The van der Waals surface area contributed by atoms with Gasteiger partial charge in [-0.05, 0) is 61.1 Å². The highest BCUT2D eigenvalue weighted by Gasteiger charge is 2.35. The van der Waals surface area contributed by atoms with E-state index in [1.807, 2.05) is 6.08 Å². The normalized spacial score (nSPS) is 16.8. The maximum atomic E-state index is 4.11. The van der Waals surface area contributed by atoms with Gasteiger partial charge in [0.2, 0.25) is 0 Å². The van der Waals surface area contributed by atoms with Gasteiger partial charge in [0.25, 0.3) is 0 Å². The SMILES string of the molecule is C=CC1=C(/C=C(\C)N(CC)C(/C=C\CC)=C/CC)C(C)(C)c2ccccc21. The van der Waals surface area contributed by atoms with Crippen LogP contribution in [0.5, 0.6) is 0 Å². The summed E-state index contributed by atoms with van der Waals surface area (Å²) < 4.78 is 0. The molecule has 1 aliphatic rings. The van der Waals surface area contributed by atoms with Crippen molar-refractivity contribution < 1.29 is 0 Å². The van der Waals surface area contributed by atoms with E-state index in [2.05, 4.69) is 102 Å². The van der Waals surface area contributed by atoms with E-state index in [4.69, 9.17) is 0 Å². The molecule has 0 radical (unpaired) electrons. The van der Waals surface area contributed by atoms with Gasteiger partial charge >= 0.3 is 0 Å². The lowest BCUT2D eigenvalue weighted by atomic mass is 9.81. The van der Waals surface area contributed by atoms with Crippen molar-refractivity contribution >= 4 is 5.57 Å². The van der Waals surface area contributed by atoms with Crippen molar-refractivity contribution in [3.8, 4) is 0 Å². The largest absolute Gasteiger partial charge is 0.346 e. The predicted molar refractivity (Wildman–Crippen MR) is 121 cm³/mol. The van der Waals surface area contributed by atoms with Gasteiger partial charge in [-0.1, -0.05) is 76.8 Å². The molecule has 1 nitrogen and oxygen atoms in total. The number of benzene rings is 1. The van der Waals surface area contributed by atoms with Crippen molar-refractivity contribution in [2.45, 2.75) is 59.8 Å². The number of hydrogen-bond donors (Lipinski definition) is 0. The Balaban J connectivity index is 2.53. The molecule has 27 heavy (non-hydrogen) atoms. The molecule has 0 heterocycles. The van der Waals surface area contributed by atoms with Gasteiger partial charge in [-0.15, -0.1) is 0 Å². The molecule has 0 unspecified atom stereocenters. The Labute approximate surface area is 166 Å². The summed E-state index contributed by atoms with van der Waals surface area (Å²) in [4.78, 5) is 2.41. The molecule has 0 atom stereocenters. The molecule has 2 rings (SSSR count). The first kappa shape index (κ1) is 21.0. The Kier molecular flexibility index (Phi) is 7.07. The van der Waals surface area contributed by atoms with Crippen LogP contribution in [0.4, 0.5) is 0 Å². The summed E-state index contributed by atoms with van der Waals surface area (Å²) in [7, 11) is 0. The van der Waals surface area contributed by atoms with Crippen molar-refractivity contribution in [1.29, 1.82) is 0 Å². The Morgan fingerprint density at radius 2 is 1.81 bits per heavy atom. The van der Waals surface area contributed by atoms with Gasteiger partial charge in [-0.3, -0.25) is 0 Å². The lowest BCUT2D eigenvalue weighted by Crippen LogP contribution is -2.22. The molecule has 0 aliphatic heterocycles. The molecule has 0 saturated carbocycles. The minimum absolute atomic E-state index is 0.0192. The summed E-state index contributed by atoms with van der Waals surface area (Å²) in [6, 6.07) is 8.72. The van der Waals surface area contributed by atoms with Crippen LogP contribution in [-0.2, 0) is 5.41 Å². The number of hydrogen-bond acceptors (Lipinski definition) is 1. The van der Waals surface area contributed by atoms with E-state index in [-0.39, 0.29) is 5.41 Å². The van der Waals surface area contributed by atoms with Gasteiger partial charge in [-0.25, -0.2) is 0 Å². The van der Waals surface area contributed by atoms with E-state index in [1.54, 1.807) is 0 Å². The summed E-state index contributed by atoms with van der Waals surface area (Å²) in [5, 5.41) is 0. The number of nitrogens with zero attached hydrogens (tertiary/aromatic N) is 1. The van der Waals surface area contributed by atoms with Crippen LogP contribution >= 0.6 is 0 Å². The number of likely N-dealkylation sites (N-methyl/N-ethyl adjacent to an activating group) is 1. The highest BCUT2D eigenvalue weighted by atomic mass is 15.1. The topological polar surface area (TPSA) is 3.24 Å². The third-order valence-corrected chi connectivity index (χ3v) is 5.40. The predicted octanol–water partition coefficient (Wildman–Crippen LogP) is 7.40. The molecule has 1 heteroatoms. The van der Waals surface area contributed by atoms with Crippen LogP contribution in [0.15, 0.2) is 78.2 Å². The molecular weight excluding hydrogens is 326 g/mol. The fourth-order valence-electron chi connectivity index (χ4n) is 4.01. The molecule has 1 aromatic rings. The standard InChI is InChI=1S/C26H35N/c1-8-12-16-21(15-9-2)27(11-4)20(5)19-25-22(10-3)23-17-13-14-18-24(23)26(25,6)7/h10,12-19H,3,8-9,11H2,1-2,4-7H3/b16-12-,20-19+,21-15+. The molecular formula is C26H35N. The minimum atomic E-state index is -0.0192. The molecule has 0 amide bonds. The maximum Gasteiger partial charge on any atom is 0.0364 e. The second-order valence-corrected chi connectivity index (χ2v) is 7.58. The first-order valence-corrected chi connectivity index (χ1v) is 10.2. The second kappa shape index (κ2) is 9.08. The summed E-state index contributed by atoms with van der Waals surface area (Å²) in [5.41, 5.74) is 7.85. The van der Waals surface area contributed by atoms with Crippen molar-refractivity contribution in [2.24, 2.45) is 0 Å². The highest BCUT2D eigenvalue weighted by Crippen LogP contribution is 2.47.